The monoisotopic (exact) mass is 333 g/mol. The summed E-state index contributed by atoms with van der Waals surface area (Å²) in [5.41, 5.74) is 3.69. The minimum absolute atomic E-state index is 0.960. The van der Waals surface area contributed by atoms with Crippen molar-refractivity contribution in [2.75, 3.05) is 33.2 Å². The lowest BCUT2D eigenvalue weighted by molar-refractivity contribution is 0.215. The predicted molar refractivity (Wildman–Crippen MR) is 87.8 cm³/mol. The first-order chi connectivity index (χ1) is 9.63. The molecule has 0 aromatic heterocycles. The van der Waals surface area contributed by atoms with Gasteiger partial charge < -0.3 is 9.80 Å². The Hall–Kier alpha value is -1.13. The second-order valence-electron chi connectivity index (χ2n) is 5.59. The Bertz CT molecular complexity index is 569. The van der Waals surface area contributed by atoms with Gasteiger partial charge in [0.05, 0.1) is 5.69 Å². The SMILES string of the molecule is CC1=CCc2cc(Br)ccc2N=C1N1CCN(C)CC1. The van der Waals surface area contributed by atoms with Gasteiger partial charge in [-0.2, -0.15) is 0 Å². The minimum Gasteiger partial charge on any atom is -0.354 e. The van der Waals surface area contributed by atoms with Gasteiger partial charge >= 0.3 is 0 Å². The number of aliphatic imine (C=N–C) groups is 1. The molecule has 4 heteroatoms. The second kappa shape index (κ2) is 5.70. The molecule has 2 aliphatic rings. The van der Waals surface area contributed by atoms with Crippen LogP contribution < -0.4 is 0 Å². The number of allylic oxidation sites excluding steroid dienone is 1. The molecule has 20 heavy (non-hydrogen) atoms. The van der Waals surface area contributed by atoms with Crippen LogP contribution in [-0.2, 0) is 6.42 Å². The summed E-state index contributed by atoms with van der Waals surface area (Å²) in [6.45, 7) is 6.52. The van der Waals surface area contributed by atoms with Gasteiger partial charge in [0, 0.05) is 30.7 Å². The first kappa shape index (κ1) is 13.8. The molecule has 106 valence electrons. The van der Waals surface area contributed by atoms with Crippen LogP contribution in [0, 0.1) is 0 Å². The Morgan fingerprint density at radius 3 is 2.65 bits per heavy atom. The summed E-state index contributed by atoms with van der Waals surface area (Å²) >= 11 is 3.54. The summed E-state index contributed by atoms with van der Waals surface area (Å²) in [5.74, 6) is 1.15. The Kier molecular flexibility index (Phi) is 3.94. The number of amidine groups is 1. The standard InChI is InChI=1S/C16H20BrN3/c1-12-3-4-13-11-14(17)5-6-15(13)18-16(12)20-9-7-19(2)8-10-20/h3,5-6,11H,4,7-10H2,1-2H3. The summed E-state index contributed by atoms with van der Waals surface area (Å²) < 4.78 is 1.13. The van der Waals surface area contributed by atoms with E-state index in [0.29, 0.717) is 0 Å². The Balaban J connectivity index is 1.94. The maximum atomic E-state index is 4.94. The molecule has 1 fully saturated rings. The number of fused-ring (bicyclic) bond motifs is 1. The zero-order chi connectivity index (χ0) is 14.1. The zero-order valence-corrected chi connectivity index (χ0v) is 13.7. The number of hydrogen-bond donors (Lipinski definition) is 0. The minimum atomic E-state index is 0.960. The van der Waals surface area contributed by atoms with Gasteiger partial charge in [-0.3, -0.25) is 0 Å². The third kappa shape index (κ3) is 2.81. The van der Waals surface area contributed by atoms with E-state index in [-0.39, 0.29) is 0 Å². The lowest BCUT2D eigenvalue weighted by Gasteiger charge is -2.34. The molecule has 0 N–H and O–H groups in total. The normalized spacial score (nSPS) is 20.1. The van der Waals surface area contributed by atoms with Crippen molar-refractivity contribution in [1.82, 2.24) is 9.80 Å². The van der Waals surface area contributed by atoms with Gasteiger partial charge in [-0.15, -0.1) is 0 Å². The first-order valence-corrected chi connectivity index (χ1v) is 7.90. The molecule has 0 aliphatic carbocycles. The third-order valence-electron chi connectivity index (χ3n) is 4.05. The smallest absolute Gasteiger partial charge is 0.131 e. The molecule has 0 spiro atoms. The third-order valence-corrected chi connectivity index (χ3v) is 4.54. The first-order valence-electron chi connectivity index (χ1n) is 7.11. The molecule has 3 rings (SSSR count). The van der Waals surface area contributed by atoms with E-state index < -0.39 is 0 Å². The highest BCUT2D eigenvalue weighted by Gasteiger charge is 2.20. The highest BCUT2D eigenvalue weighted by molar-refractivity contribution is 9.10. The van der Waals surface area contributed by atoms with E-state index in [1.165, 1.54) is 11.1 Å². The number of piperazine rings is 1. The van der Waals surface area contributed by atoms with E-state index in [2.05, 4.69) is 64.0 Å². The van der Waals surface area contributed by atoms with Crippen molar-refractivity contribution in [2.24, 2.45) is 4.99 Å². The van der Waals surface area contributed by atoms with Crippen molar-refractivity contribution in [3.8, 4) is 0 Å². The summed E-state index contributed by atoms with van der Waals surface area (Å²) in [6, 6.07) is 6.36. The fourth-order valence-electron chi connectivity index (χ4n) is 2.72. The fourth-order valence-corrected chi connectivity index (χ4v) is 3.13. The van der Waals surface area contributed by atoms with Crippen molar-refractivity contribution in [3.63, 3.8) is 0 Å². The van der Waals surface area contributed by atoms with E-state index in [1.54, 1.807) is 0 Å². The second-order valence-corrected chi connectivity index (χ2v) is 6.51. The van der Waals surface area contributed by atoms with Crippen LogP contribution in [0.5, 0.6) is 0 Å². The average Bonchev–Trinajstić information content (AvgIpc) is 2.60. The predicted octanol–water partition coefficient (Wildman–Crippen LogP) is 3.23. The molecule has 2 heterocycles. The number of halogens is 1. The molecule has 1 aromatic carbocycles. The Labute approximate surface area is 129 Å². The van der Waals surface area contributed by atoms with Gasteiger partial charge in [-0.25, -0.2) is 4.99 Å². The summed E-state index contributed by atoms with van der Waals surface area (Å²) in [4.78, 5) is 9.74. The molecule has 0 radical (unpaired) electrons. The van der Waals surface area contributed by atoms with Crippen LogP contribution in [0.15, 0.2) is 39.3 Å². The number of rotatable bonds is 0. The van der Waals surface area contributed by atoms with E-state index in [0.717, 1.165) is 48.6 Å². The fraction of sp³-hybridized carbons (Fsp3) is 0.438. The Morgan fingerprint density at radius 2 is 1.90 bits per heavy atom. The zero-order valence-electron chi connectivity index (χ0n) is 12.1. The molecule has 2 aliphatic heterocycles. The lowest BCUT2D eigenvalue weighted by atomic mass is 10.1. The molecule has 0 saturated carbocycles. The van der Waals surface area contributed by atoms with E-state index in [4.69, 9.17) is 4.99 Å². The molecule has 0 unspecified atom stereocenters. The molecular weight excluding hydrogens is 314 g/mol. The van der Waals surface area contributed by atoms with Crippen molar-refractivity contribution >= 4 is 27.5 Å². The average molecular weight is 334 g/mol. The lowest BCUT2D eigenvalue weighted by Crippen LogP contribution is -2.47. The number of likely N-dealkylation sites (N-methyl/N-ethyl adjacent to an activating group) is 1. The van der Waals surface area contributed by atoms with E-state index in [9.17, 15) is 0 Å². The maximum Gasteiger partial charge on any atom is 0.131 e. The number of nitrogens with zero attached hydrogens (tertiary/aromatic N) is 3. The van der Waals surface area contributed by atoms with Gasteiger partial charge in [0.25, 0.3) is 0 Å². The van der Waals surface area contributed by atoms with Crippen LogP contribution in [0.4, 0.5) is 5.69 Å². The molecule has 1 aromatic rings. The van der Waals surface area contributed by atoms with Gasteiger partial charge in [0.15, 0.2) is 0 Å². The number of hydrogen-bond acceptors (Lipinski definition) is 3. The van der Waals surface area contributed by atoms with Crippen molar-refractivity contribution in [3.05, 3.63) is 39.9 Å². The van der Waals surface area contributed by atoms with Crippen molar-refractivity contribution in [1.29, 1.82) is 0 Å². The van der Waals surface area contributed by atoms with Crippen LogP contribution in [-0.4, -0.2) is 48.9 Å². The van der Waals surface area contributed by atoms with Gasteiger partial charge in [-0.05, 0) is 49.7 Å². The van der Waals surface area contributed by atoms with E-state index in [1.807, 2.05) is 0 Å². The summed E-state index contributed by atoms with van der Waals surface area (Å²) in [5, 5.41) is 0. The van der Waals surface area contributed by atoms with Crippen LogP contribution >= 0.6 is 15.9 Å². The molecule has 3 nitrogen and oxygen atoms in total. The van der Waals surface area contributed by atoms with Crippen LogP contribution in [0.3, 0.4) is 0 Å². The summed E-state index contributed by atoms with van der Waals surface area (Å²) in [7, 11) is 2.18. The van der Waals surface area contributed by atoms with Gasteiger partial charge in [0.2, 0.25) is 0 Å². The van der Waals surface area contributed by atoms with Gasteiger partial charge in [-0.1, -0.05) is 22.0 Å². The Morgan fingerprint density at radius 1 is 1.15 bits per heavy atom. The molecule has 0 amide bonds. The largest absolute Gasteiger partial charge is 0.354 e. The molecular formula is C16H20BrN3. The van der Waals surface area contributed by atoms with Crippen LogP contribution in [0.1, 0.15) is 12.5 Å². The van der Waals surface area contributed by atoms with Crippen LogP contribution in [0.2, 0.25) is 0 Å². The number of benzene rings is 1. The molecule has 1 saturated heterocycles. The highest BCUT2D eigenvalue weighted by atomic mass is 79.9. The molecule has 0 atom stereocenters. The van der Waals surface area contributed by atoms with Crippen molar-refractivity contribution < 1.29 is 0 Å². The van der Waals surface area contributed by atoms with E-state index >= 15 is 0 Å². The molecule has 0 bridgehead atoms. The summed E-state index contributed by atoms with van der Waals surface area (Å²) in [6.07, 6.45) is 3.26. The van der Waals surface area contributed by atoms with Gasteiger partial charge in [0.1, 0.15) is 5.84 Å². The van der Waals surface area contributed by atoms with Crippen molar-refractivity contribution in [2.45, 2.75) is 13.3 Å². The highest BCUT2D eigenvalue weighted by Crippen LogP contribution is 2.28. The quantitative estimate of drug-likeness (QED) is 0.725. The van der Waals surface area contributed by atoms with Crippen LogP contribution in [0.25, 0.3) is 0 Å². The maximum absolute atomic E-state index is 4.94. The topological polar surface area (TPSA) is 18.8 Å².